The molecule has 3 amide bonds. The summed E-state index contributed by atoms with van der Waals surface area (Å²) in [4.78, 5) is 64.8. The number of carbonyl (C=O) groups excluding carboxylic acids is 5. The predicted molar refractivity (Wildman–Crippen MR) is 208 cm³/mol. The average molecular weight is 792 g/mol. The molecule has 1 fully saturated rings. The zero-order valence-corrected chi connectivity index (χ0v) is 35.0. The summed E-state index contributed by atoms with van der Waals surface area (Å²) in [5.41, 5.74) is 5.45. The summed E-state index contributed by atoms with van der Waals surface area (Å²) >= 11 is 0. The van der Waals surface area contributed by atoms with Crippen LogP contribution in [0.2, 0.25) is 0 Å². The van der Waals surface area contributed by atoms with E-state index in [0.717, 1.165) is 5.56 Å². The minimum absolute atomic E-state index is 0.0217. The van der Waals surface area contributed by atoms with Crippen molar-refractivity contribution in [1.29, 1.82) is 0 Å². The van der Waals surface area contributed by atoms with Gasteiger partial charge in [-0.2, -0.15) is 0 Å². The molecule has 316 valence electrons. The first-order chi connectivity index (χ1) is 26.2. The van der Waals surface area contributed by atoms with Crippen LogP contribution in [0.5, 0.6) is 11.5 Å². The van der Waals surface area contributed by atoms with Crippen molar-refractivity contribution in [2.24, 2.45) is 28.9 Å². The number of methoxy groups -OCH3 is 2. The first-order valence-electron chi connectivity index (χ1n) is 19.1. The second-order valence-electron chi connectivity index (χ2n) is 16.2. The van der Waals surface area contributed by atoms with E-state index in [1.807, 2.05) is 18.2 Å². The highest BCUT2D eigenvalue weighted by molar-refractivity contribution is 5.84. The Hall–Kier alpha value is -4.37. The molecule has 0 spiro atoms. The molecule has 1 aromatic rings. The lowest BCUT2D eigenvalue weighted by Gasteiger charge is -2.32. The van der Waals surface area contributed by atoms with Gasteiger partial charge in [0.2, 0.25) is 18.6 Å². The Balaban J connectivity index is 2.30. The molecule has 15 nitrogen and oxygen atoms in total. The second kappa shape index (κ2) is 22.4. The molecule has 0 radical (unpaired) electrons. The minimum atomic E-state index is -0.970. The predicted octanol–water partition coefficient (Wildman–Crippen LogP) is 5.31. The summed E-state index contributed by atoms with van der Waals surface area (Å²) in [6, 6.07) is 5.27. The Morgan fingerprint density at radius 3 is 2.25 bits per heavy atom. The highest BCUT2D eigenvalue weighted by Crippen LogP contribution is 2.35. The molecule has 0 bridgehead atoms. The smallest absolute Gasteiger partial charge is 0.414 e. The molecule has 1 heterocycles. The van der Waals surface area contributed by atoms with Gasteiger partial charge in [-0.05, 0) is 90.3 Å². The number of primary amides is 1. The molecule has 1 aliphatic heterocycles. The normalized spacial score (nSPS) is 16.8. The van der Waals surface area contributed by atoms with Crippen LogP contribution in [0.3, 0.4) is 0 Å². The fourth-order valence-corrected chi connectivity index (χ4v) is 6.01. The molecule has 3 N–H and O–H groups in total. The number of esters is 2. The summed E-state index contributed by atoms with van der Waals surface area (Å²) in [7, 11) is 3.23. The van der Waals surface area contributed by atoms with Gasteiger partial charge < -0.3 is 44.2 Å². The van der Waals surface area contributed by atoms with Crippen molar-refractivity contribution in [3.05, 3.63) is 35.9 Å². The van der Waals surface area contributed by atoms with Crippen molar-refractivity contribution >= 4 is 29.8 Å². The molecule has 0 aromatic heterocycles. The van der Waals surface area contributed by atoms with E-state index in [2.05, 4.69) is 25.7 Å². The second-order valence-corrected chi connectivity index (χ2v) is 16.2. The van der Waals surface area contributed by atoms with Crippen molar-refractivity contribution in [3.63, 3.8) is 0 Å². The van der Waals surface area contributed by atoms with E-state index in [4.69, 9.17) is 38.9 Å². The van der Waals surface area contributed by atoms with Crippen molar-refractivity contribution in [1.82, 2.24) is 10.2 Å². The minimum Gasteiger partial charge on any atom is -0.493 e. The van der Waals surface area contributed by atoms with E-state index in [1.165, 1.54) is 4.90 Å². The fourth-order valence-electron chi connectivity index (χ4n) is 6.01. The first kappa shape index (κ1) is 47.8. The molecular formula is C41H65N3O12. The van der Waals surface area contributed by atoms with E-state index >= 15 is 0 Å². The van der Waals surface area contributed by atoms with Gasteiger partial charge in [0.25, 0.3) is 0 Å². The molecule has 1 aromatic carbocycles. The lowest BCUT2D eigenvalue weighted by Crippen LogP contribution is -2.46. The molecule has 0 unspecified atom stereocenters. The molecule has 0 aliphatic carbocycles. The zero-order chi connectivity index (χ0) is 42.2. The molecule has 1 saturated heterocycles. The number of rotatable bonds is 23. The van der Waals surface area contributed by atoms with Gasteiger partial charge in [-0.15, -0.1) is 0 Å². The van der Waals surface area contributed by atoms with Crippen molar-refractivity contribution in [3.8, 4) is 11.5 Å². The monoisotopic (exact) mass is 791 g/mol. The van der Waals surface area contributed by atoms with E-state index in [1.54, 1.807) is 55.8 Å². The molecule has 4 atom stereocenters. The third kappa shape index (κ3) is 16.0. The fraction of sp³-hybridized carbons (Fsp3) is 0.683. The first-order valence-corrected chi connectivity index (χ1v) is 19.1. The van der Waals surface area contributed by atoms with E-state index in [9.17, 15) is 24.0 Å². The van der Waals surface area contributed by atoms with E-state index in [0.29, 0.717) is 49.5 Å². The lowest BCUT2D eigenvalue weighted by molar-refractivity contribution is -0.161. The number of benzene rings is 1. The molecule has 0 saturated carbocycles. The SMILES string of the molecule is C=C(C)[C@H](C[C@@H]1OCN(C(=O)OCOC(=O)CCC(=O)OC(C)(C)C)[C@H]1C[C@H](Cc1ccc(OC)c(OCCCOC)c1)C(C)C)C(=O)NCC(C)(C)C(N)=O. The summed E-state index contributed by atoms with van der Waals surface area (Å²) in [6.07, 6.45) is 0.211. The Morgan fingerprint density at radius 2 is 1.66 bits per heavy atom. The third-order valence-electron chi connectivity index (χ3n) is 9.56. The standard InChI is InChI=1S/C41H65N3O12/c1-26(2)29(19-28-13-14-32(51-11)34(20-28)52-18-12-17-50-10)21-31-33(22-30(27(3)4)37(47)43-23-41(8,9)38(42)48)53-24-44(31)39(49)55-25-54-35(45)15-16-36(46)56-40(5,6)7/h13-14,20,26,29-31,33H,3,12,15-19,21-25H2,1-2,4-11H3,(H2,42,48)(H,43,47)/t29-,30-,31-,33-/m0/s1. The van der Waals surface area contributed by atoms with Crippen LogP contribution in [0.4, 0.5) is 4.79 Å². The van der Waals surface area contributed by atoms with Crippen molar-refractivity contribution < 1.29 is 57.1 Å². The molecular weight excluding hydrogens is 726 g/mol. The zero-order valence-electron chi connectivity index (χ0n) is 35.0. The van der Waals surface area contributed by atoms with Gasteiger partial charge in [-0.3, -0.25) is 24.1 Å². The molecule has 56 heavy (non-hydrogen) atoms. The largest absolute Gasteiger partial charge is 0.493 e. The number of hydrogen-bond donors (Lipinski definition) is 2. The van der Waals surface area contributed by atoms with Gasteiger partial charge in [0, 0.05) is 26.7 Å². The van der Waals surface area contributed by atoms with Gasteiger partial charge in [0.05, 0.1) is 50.0 Å². The Kier molecular flexibility index (Phi) is 19.1. The van der Waals surface area contributed by atoms with Crippen LogP contribution >= 0.6 is 0 Å². The number of carbonyl (C=O) groups is 5. The number of amides is 3. The molecule has 2 rings (SSSR count). The Labute approximate surface area is 332 Å². The van der Waals surface area contributed by atoms with E-state index in [-0.39, 0.29) is 50.3 Å². The van der Waals surface area contributed by atoms with Crippen LogP contribution in [0.1, 0.15) is 93.1 Å². The van der Waals surface area contributed by atoms with Gasteiger partial charge in [0.15, 0.2) is 11.5 Å². The van der Waals surface area contributed by atoms with E-state index < -0.39 is 59.8 Å². The molecule has 15 heteroatoms. The number of nitrogens with zero attached hydrogens (tertiary/aromatic N) is 1. The van der Waals surface area contributed by atoms with Crippen LogP contribution in [0, 0.1) is 23.2 Å². The van der Waals surface area contributed by atoms with Crippen LogP contribution in [-0.2, 0) is 49.3 Å². The van der Waals surface area contributed by atoms with Crippen LogP contribution in [-0.4, -0.2) is 100.0 Å². The maximum absolute atomic E-state index is 13.6. The number of ether oxygens (including phenoxy) is 7. The third-order valence-corrected chi connectivity index (χ3v) is 9.56. The maximum atomic E-state index is 13.6. The van der Waals surface area contributed by atoms with Crippen LogP contribution in [0.25, 0.3) is 0 Å². The lowest BCUT2D eigenvalue weighted by atomic mass is 9.81. The molecule has 1 aliphatic rings. The van der Waals surface area contributed by atoms with Crippen molar-refractivity contribution in [2.45, 2.75) is 112 Å². The summed E-state index contributed by atoms with van der Waals surface area (Å²) < 4.78 is 38.6. The van der Waals surface area contributed by atoms with Gasteiger partial charge in [-0.25, -0.2) is 4.79 Å². The average Bonchev–Trinajstić information content (AvgIpc) is 3.51. The Bertz CT molecular complexity index is 1490. The number of nitrogens with one attached hydrogen (secondary N) is 1. The Morgan fingerprint density at radius 1 is 0.982 bits per heavy atom. The van der Waals surface area contributed by atoms with Gasteiger partial charge >= 0.3 is 18.0 Å². The highest BCUT2D eigenvalue weighted by Gasteiger charge is 2.43. The van der Waals surface area contributed by atoms with Crippen LogP contribution < -0.4 is 20.5 Å². The maximum Gasteiger partial charge on any atom is 0.414 e. The number of hydrogen-bond acceptors (Lipinski definition) is 12. The van der Waals surface area contributed by atoms with Crippen molar-refractivity contribution in [2.75, 3.05) is 47.5 Å². The summed E-state index contributed by atoms with van der Waals surface area (Å²) in [5, 5.41) is 2.84. The van der Waals surface area contributed by atoms with Crippen LogP contribution in [0.15, 0.2) is 30.4 Å². The van der Waals surface area contributed by atoms with Gasteiger partial charge in [-0.1, -0.05) is 32.1 Å². The number of nitrogens with two attached hydrogens (primary N) is 1. The quantitative estimate of drug-likeness (QED) is 0.0630. The van der Waals surface area contributed by atoms with Gasteiger partial charge in [0.1, 0.15) is 12.3 Å². The topological polar surface area (TPSA) is 191 Å². The summed E-state index contributed by atoms with van der Waals surface area (Å²) in [5.74, 6) is -1.47. The summed E-state index contributed by atoms with van der Waals surface area (Å²) in [6.45, 7) is 18.7. The highest BCUT2D eigenvalue weighted by atomic mass is 16.7.